The van der Waals surface area contributed by atoms with Crippen LogP contribution in [-0.4, -0.2) is 18.6 Å². The summed E-state index contributed by atoms with van der Waals surface area (Å²) in [7, 11) is 0. The second-order valence-corrected chi connectivity index (χ2v) is 3.15. The molecule has 15 heavy (non-hydrogen) atoms. The van der Waals surface area contributed by atoms with Crippen molar-refractivity contribution < 1.29 is 13.9 Å². The molecule has 82 valence electrons. The molecule has 0 spiro atoms. The number of carbonyl (C=O) groups is 1. The molecule has 3 nitrogen and oxygen atoms in total. The average molecular weight is 211 g/mol. The molecule has 0 amide bonds. The summed E-state index contributed by atoms with van der Waals surface area (Å²) in [5, 5.41) is 0. The molecule has 2 N–H and O–H groups in total. The van der Waals surface area contributed by atoms with Crippen molar-refractivity contribution in [1.82, 2.24) is 0 Å². The van der Waals surface area contributed by atoms with Gasteiger partial charge in [-0.15, -0.1) is 0 Å². The summed E-state index contributed by atoms with van der Waals surface area (Å²) in [6.45, 7) is 1.98. The van der Waals surface area contributed by atoms with Gasteiger partial charge in [-0.25, -0.2) is 4.39 Å². The molecule has 0 saturated heterocycles. The lowest BCUT2D eigenvalue weighted by Crippen LogP contribution is -2.34. The Morgan fingerprint density at radius 3 is 2.80 bits per heavy atom. The quantitative estimate of drug-likeness (QED) is 0.763. The molecule has 1 aromatic carbocycles. The first-order valence-electron chi connectivity index (χ1n) is 4.80. The monoisotopic (exact) mass is 211 g/mol. The van der Waals surface area contributed by atoms with Crippen LogP contribution in [-0.2, 0) is 16.0 Å². The Morgan fingerprint density at radius 2 is 2.20 bits per heavy atom. The van der Waals surface area contributed by atoms with Crippen molar-refractivity contribution in [3.8, 4) is 0 Å². The van der Waals surface area contributed by atoms with Crippen LogP contribution in [0.2, 0.25) is 0 Å². The van der Waals surface area contributed by atoms with Crippen molar-refractivity contribution in [2.24, 2.45) is 5.73 Å². The zero-order chi connectivity index (χ0) is 11.3. The molecule has 4 heteroatoms. The van der Waals surface area contributed by atoms with Gasteiger partial charge in [-0.1, -0.05) is 18.2 Å². The van der Waals surface area contributed by atoms with E-state index >= 15 is 0 Å². The highest BCUT2D eigenvalue weighted by molar-refractivity contribution is 5.75. The number of nitrogens with two attached hydrogens (primary N) is 1. The second kappa shape index (κ2) is 5.46. The van der Waals surface area contributed by atoms with Gasteiger partial charge in [-0.05, 0) is 18.6 Å². The van der Waals surface area contributed by atoms with E-state index in [4.69, 9.17) is 10.5 Å². The van der Waals surface area contributed by atoms with Gasteiger partial charge in [0.15, 0.2) is 0 Å². The van der Waals surface area contributed by atoms with Gasteiger partial charge in [0.05, 0.1) is 6.61 Å². The largest absolute Gasteiger partial charge is 0.465 e. The van der Waals surface area contributed by atoms with E-state index in [1.807, 2.05) is 0 Å². The van der Waals surface area contributed by atoms with Crippen molar-refractivity contribution in [2.45, 2.75) is 19.4 Å². The van der Waals surface area contributed by atoms with Crippen molar-refractivity contribution in [3.63, 3.8) is 0 Å². The maximum atomic E-state index is 13.2. The van der Waals surface area contributed by atoms with E-state index in [0.29, 0.717) is 5.56 Å². The van der Waals surface area contributed by atoms with Gasteiger partial charge < -0.3 is 10.5 Å². The smallest absolute Gasteiger partial charge is 0.323 e. The molecular weight excluding hydrogens is 197 g/mol. The van der Waals surface area contributed by atoms with Crippen LogP contribution in [0.4, 0.5) is 4.39 Å². The Balaban J connectivity index is 2.62. The van der Waals surface area contributed by atoms with E-state index in [1.54, 1.807) is 25.1 Å². The minimum absolute atomic E-state index is 0.158. The standard InChI is InChI=1S/C11H14FNO2/c1-2-15-11(14)10(13)7-8-5-3-4-6-9(8)12/h3-6,10H,2,7,13H2,1H3. The van der Waals surface area contributed by atoms with Crippen LogP contribution in [0.1, 0.15) is 12.5 Å². The minimum atomic E-state index is -0.804. The summed E-state index contributed by atoms with van der Waals surface area (Å²) in [4.78, 5) is 11.2. The van der Waals surface area contributed by atoms with Gasteiger partial charge in [0.1, 0.15) is 11.9 Å². The molecular formula is C11H14FNO2. The molecule has 0 aliphatic heterocycles. The van der Waals surface area contributed by atoms with E-state index in [9.17, 15) is 9.18 Å². The lowest BCUT2D eigenvalue weighted by atomic mass is 10.1. The third-order valence-electron chi connectivity index (χ3n) is 1.99. The number of esters is 1. The van der Waals surface area contributed by atoms with Crippen molar-refractivity contribution >= 4 is 5.97 Å². The van der Waals surface area contributed by atoms with Crippen molar-refractivity contribution in [1.29, 1.82) is 0 Å². The zero-order valence-electron chi connectivity index (χ0n) is 8.57. The van der Waals surface area contributed by atoms with E-state index in [1.165, 1.54) is 6.07 Å². The van der Waals surface area contributed by atoms with Gasteiger partial charge in [0, 0.05) is 6.42 Å². The highest BCUT2D eigenvalue weighted by atomic mass is 19.1. The fourth-order valence-corrected chi connectivity index (χ4v) is 1.23. The molecule has 1 unspecified atom stereocenters. The Kier molecular flexibility index (Phi) is 4.24. The average Bonchev–Trinajstić information content (AvgIpc) is 2.21. The van der Waals surface area contributed by atoms with E-state index in [2.05, 4.69) is 0 Å². The van der Waals surface area contributed by atoms with Gasteiger partial charge in [-0.3, -0.25) is 4.79 Å². The molecule has 0 radical (unpaired) electrons. The molecule has 0 heterocycles. The first-order chi connectivity index (χ1) is 7.15. The Bertz CT molecular complexity index is 341. The summed E-state index contributed by atoms with van der Waals surface area (Å²) >= 11 is 0. The van der Waals surface area contributed by atoms with Crippen molar-refractivity contribution in [3.05, 3.63) is 35.6 Å². The Hall–Kier alpha value is -1.42. The van der Waals surface area contributed by atoms with Crippen LogP contribution in [0.15, 0.2) is 24.3 Å². The van der Waals surface area contributed by atoms with Gasteiger partial charge in [0.25, 0.3) is 0 Å². The summed E-state index contributed by atoms with van der Waals surface area (Å²) in [6, 6.07) is 5.44. The van der Waals surface area contributed by atoms with Crippen LogP contribution in [0.3, 0.4) is 0 Å². The first-order valence-corrected chi connectivity index (χ1v) is 4.80. The molecule has 0 aliphatic rings. The van der Waals surface area contributed by atoms with E-state index in [0.717, 1.165) is 0 Å². The minimum Gasteiger partial charge on any atom is -0.465 e. The van der Waals surface area contributed by atoms with Crippen LogP contribution in [0.5, 0.6) is 0 Å². The molecule has 1 aromatic rings. The van der Waals surface area contributed by atoms with Crippen LogP contribution < -0.4 is 5.73 Å². The molecule has 1 atom stereocenters. The number of hydrogen-bond acceptors (Lipinski definition) is 3. The zero-order valence-corrected chi connectivity index (χ0v) is 8.57. The van der Waals surface area contributed by atoms with Crippen LogP contribution in [0, 0.1) is 5.82 Å². The highest BCUT2D eigenvalue weighted by Gasteiger charge is 2.16. The first kappa shape index (κ1) is 11.7. The molecule has 1 rings (SSSR count). The Labute approximate surface area is 88.0 Å². The van der Waals surface area contributed by atoms with Crippen LogP contribution in [0.25, 0.3) is 0 Å². The third kappa shape index (κ3) is 3.32. The number of carbonyl (C=O) groups excluding carboxylic acids is 1. The van der Waals surface area contributed by atoms with Gasteiger partial charge in [-0.2, -0.15) is 0 Å². The summed E-state index contributed by atoms with van der Waals surface area (Å²) in [5.41, 5.74) is 5.99. The maximum absolute atomic E-state index is 13.2. The molecule has 0 aliphatic carbocycles. The van der Waals surface area contributed by atoms with Gasteiger partial charge in [0.2, 0.25) is 0 Å². The predicted molar refractivity (Wildman–Crippen MR) is 54.7 cm³/mol. The third-order valence-corrected chi connectivity index (χ3v) is 1.99. The highest BCUT2D eigenvalue weighted by Crippen LogP contribution is 2.08. The topological polar surface area (TPSA) is 52.3 Å². The number of rotatable bonds is 4. The summed E-state index contributed by atoms with van der Waals surface area (Å²) < 4.78 is 17.9. The molecule has 0 fully saturated rings. The van der Waals surface area contributed by atoms with Crippen LogP contribution >= 0.6 is 0 Å². The van der Waals surface area contributed by atoms with Gasteiger partial charge >= 0.3 is 5.97 Å². The SMILES string of the molecule is CCOC(=O)C(N)Cc1ccccc1F. The fraction of sp³-hybridized carbons (Fsp3) is 0.364. The number of hydrogen-bond donors (Lipinski definition) is 1. The normalized spacial score (nSPS) is 12.2. The number of ether oxygens (including phenoxy) is 1. The molecule has 0 bridgehead atoms. The maximum Gasteiger partial charge on any atom is 0.323 e. The Morgan fingerprint density at radius 1 is 1.53 bits per heavy atom. The summed E-state index contributed by atoms with van der Waals surface area (Å²) in [6.07, 6.45) is 0.158. The van der Waals surface area contributed by atoms with Crippen molar-refractivity contribution in [2.75, 3.05) is 6.61 Å². The van der Waals surface area contributed by atoms with E-state index < -0.39 is 12.0 Å². The fourth-order valence-electron chi connectivity index (χ4n) is 1.23. The van der Waals surface area contributed by atoms with E-state index in [-0.39, 0.29) is 18.8 Å². The lowest BCUT2D eigenvalue weighted by molar-refractivity contribution is -0.144. The predicted octanol–water partition coefficient (Wildman–Crippen LogP) is 1.26. The second-order valence-electron chi connectivity index (χ2n) is 3.15. The number of benzene rings is 1. The summed E-state index contributed by atoms with van der Waals surface area (Å²) in [5.74, 6) is -0.849. The number of halogens is 1. The molecule has 0 aromatic heterocycles. The lowest BCUT2D eigenvalue weighted by Gasteiger charge is -2.10. The molecule has 0 saturated carbocycles.